The summed E-state index contributed by atoms with van der Waals surface area (Å²) in [5.74, 6) is 0. The lowest BCUT2D eigenvalue weighted by atomic mass is 10.3. The van der Waals surface area contributed by atoms with Crippen LogP contribution in [0.4, 0.5) is 0 Å². The first-order valence-corrected chi connectivity index (χ1v) is 11.5. The molecule has 0 aromatic carbocycles. The molecule has 0 aliphatic carbocycles. The van der Waals surface area contributed by atoms with Crippen LogP contribution in [0.25, 0.3) is 0 Å². The Kier molecular flexibility index (Phi) is 14.7. The molecule has 0 amide bonds. The van der Waals surface area contributed by atoms with Crippen LogP contribution in [-0.2, 0) is 28.4 Å². The lowest BCUT2D eigenvalue weighted by Crippen LogP contribution is -2.35. The van der Waals surface area contributed by atoms with Crippen LogP contribution in [0.2, 0.25) is 0 Å². The van der Waals surface area contributed by atoms with E-state index in [-0.39, 0.29) is 0 Å². The van der Waals surface area contributed by atoms with Crippen LogP contribution >= 0.6 is 0 Å². The van der Waals surface area contributed by atoms with Crippen LogP contribution in [0.15, 0.2) is 36.5 Å². The zero-order valence-electron chi connectivity index (χ0n) is 19.7. The fraction of sp³-hybridized carbons (Fsp3) is 0.750. The topological polar surface area (TPSA) is 61.9 Å². The van der Waals surface area contributed by atoms with Gasteiger partial charge in [0.05, 0.1) is 79.3 Å². The minimum atomic E-state index is 0.510. The van der Waals surface area contributed by atoms with E-state index < -0.39 is 0 Å². The summed E-state index contributed by atoms with van der Waals surface area (Å²) in [5, 5.41) is 0. The Hall–Kier alpha value is -1.10. The summed E-state index contributed by atoms with van der Waals surface area (Å²) >= 11 is 0. The summed E-state index contributed by atoms with van der Waals surface area (Å²) in [5.41, 5.74) is 2.93. The van der Waals surface area contributed by atoms with Crippen molar-refractivity contribution in [3.05, 3.63) is 36.5 Å². The highest BCUT2D eigenvalue weighted by molar-refractivity contribution is 4.95. The van der Waals surface area contributed by atoms with Crippen molar-refractivity contribution in [2.24, 2.45) is 0 Å². The molecule has 2 aliphatic rings. The van der Waals surface area contributed by atoms with Crippen LogP contribution in [0.5, 0.6) is 0 Å². The maximum absolute atomic E-state index is 5.79. The first-order valence-electron chi connectivity index (χ1n) is 11.5. The van der Waals surface area contributed by atoms with E-state index in [1.54, 1.807) is 0 Å². The highest BCUT2D eigenvalue weighted by atomic mass is 16.5. The molecule has 184 valence electrons. The highest BCUT2D eigenvalue weighted by Gasteiger charge is 2.10. The summed E-state index contributed by atoms with van der Waals surface area (Å²) in [6.07, 6.45) is 0. The molecular weight excluding hydrogens is 412 g/mol. The van der Waals surface area contributed by atoms with Crippen molar-refractivity contribution in [2.75, 3.05) is 119 Å². The second-order valence-electron chi connectivity index (χ2n) is 8.25. The largest absolute Gasteiger partial charge is 0.376 e. The lowest BCUT2D eigenvalue weighted by molar-refractivity contribution is 0.0421. The normalized spacial score (nSPS) is 21.4. The molecule has 0 radical (unpaired) electrons. The molecular formula is C24H42N2O6. The lowest BCUT2D eigenvalue weighted by Gasteiger charge is -2.24. The van der Waals surface area contributed by atoms with Crippen molar-refractivity contribution in [1.82, 2.24) is 9.80 Å². The second kappa shape index (κ2) is 17.4. The molecule has 32 heavy (non-hydrogen) atoms. The predicted molar refractivity (Wildman–Crippen MR) is 125 cm³/mol. The third kappa shape index (κ3) is 13.4. The maximum Gasteiger partial charge on any atom is 0.0696 e. The summed E-state index contributed by atoms with van der Waals surface area (Å²) < 4.78 is 34.0. The fourth-order valence-electron chi connectivity index (χ4n) is 3.26. The Morgan fingerprint density at radius 3 is 1.34 bits per heavy atom. The average molecular weight is 455 g/mol. The van der Waals surface area contributed by atoms with Gasteiger partial charge in [-0.25, -0.2) is 0 Å². The van der Waals surface area contributed by atoms with Gasteiger partial charge in [0, 0.05) is 39.3 Å². The minimum absolute atomic E-state index is 0.510. The Bertz CT molecular complexity index is 483. The first kappa shape index (κ1) is 27.1. The Labute approximate surface area is 193 Å². The van der Waals surface area contributed by atoms with Crippen LogP contribution < -0.4 is 0 Å². The number of nitrogens with zero attached hydrogens (tertiary/aromatic N) is 2. The Balaban J connectivity index is 1.49. The third-order valence-corrected chi connectivity index (χ3v) is 5.15. The van der Waals surface area contributed by atoms with Crippen molar-refractivity contribution in [3.8, 4) is 0 Å². The van der Waals surface area contributed by atoms with Crippen molar-refractivity contribution in [1.29, 1.82) is 0 Å². The first-order chi connectivity index (χ1) is 15.6. The van der Waals surface area contributed by atoms with Gasteiger partial charge in [-0.1, -0.05) is 19.7 Å². The van der Waals surface area contributed by atoms with Gasteiger partial charge in [-0.3, -0.25) is 9.80 Å². The van der Waals surface area contributed by atoms with Gasteiger partial charge in [-0.2, -0.15) is 0 Å². The van der Waals surface area contributed by atoms with Gasteiger partial charge in [0.1, 0.15) is 0 Å². The van der Waals surface area contributed by atoms with Crippen molar-refractivity contribution >= 4 is 0 Å². The van der Waals surface area contributed by atoms with Gasteiger partial charge in [0.2, 0.25) is 0 Å². The minimum Gasteiger partial charge on any atom is -0.376 e. The molecule has 2 heterocycles. The quantitative estimate of drug-likeness (QED) is 0.363. The molecule has 2 saturated heterocycles. The summed E-state index contributed by atoms with van der Waals surface area (Å²) in [4.78, 5) is 4.59. The van der Waals surface area contributed by atoms with E-state index in [9.17, 15) is 0 Å². The van der Waals surface area contributed by atoms with Crippen LogP contribution in [0, 0.1) is 0 Å². The molecule has 0 spiro atoms. The van der Waals surface area contributed by atoms with E-state index in [1.807, 2.05) is 0 Å². The molecule has 0 bridgehead atoms. The Morgan fingerprint density at radius 2 is 1.00 bits per heavy atom. The third-order valence-electron chi connectivity index (χ3n) is 5.15. The monoisotopic (exact) mass is 454 g/mol. The summed E-state index contributed by atoms with van der Waals surface area (Å²) in [6.45, 7) is 24.5. The van der Waals surface area contributed by atoms with E-state index in [0.29, 0.717) is 79.3 Å². The van der Waals surface area contributed by atoms with Gasteiger partial charge in [-0.05, 0) is 16.7 Å². The van der Waals surface area contributed by atoms with Gasteiger partial charge >= 0.3 is 0 Å². The maximum atomic E-state index is 5.79. The van der Waals surface area contributed by atoms with Crippen molar-refractivity contribution in [2.45, 2.75) is 0 Å². The van der Waals surface area contributed by atoms with Crippen LogP contribution in [0.1, 0.15) is 0 Å². The zero-order chi connectivity index (χ0) is 22.9. The number of ether oxygens (including phenoxy) is 6. The number of rotatable bonds is 10. The molecule has 8 heteroatoms. The van der Waals surface area contributed by atoms with Gasteiger partial charge in [0.25, 0.3) is 0 Å². The molecule has 2 fully saturated rings. The predicted octanol–water partition coefficient (Wildman–Crippen LogP) is 1.39. The molecule has 8 nitrogen and oxygen atoms in total. The molecule has 0 aromatic heterocycles. The van der Waals surface area contributed by atoms with Crippen LogP contribution in [-0.4, -0.2) is 128 Å². The average Bonchev–Trinajstić information content (AvgIpc) is 2.79. The molecule has 0 unspecified atom stereocenters. The molecule has 2 rings (SSSR count). The van der Waals surface area contributed by atoms with Gasteiger partial charge in [-0.15, -0.1) is 0 Å². The molecule has 0 aromatic rings. The smallest absolute Gasteiger partial charge is 0.0696 e. The Morgan fingerprint density at radius 1 is 0.656 bits per heavy atom. The van der Waals surface area contributed by atoms with Gasteiger partial charge in [0.15, 0.2) is 0 Å². The fourth-order valence-corrected chi connectivity index (χ4v) is 3.26. The standard InChI is InChI=1S/C24H42N2O6/c1-22-16-27-10-4-25(5-11-28-17-22)8-14-31-20-24(3)21-32-15-9-26-6-12-29-18-23(2)19-30-13-7-26/h1-21H2. The van der Waals surface area contributed by atoms with Crippen LogP contribution in [0.3, 0.4) is 0 Å². The SMILES string of the molecule is C=C1COCCN(CCOCC(=C)COCCN2CCOCC(=C)COCC2)CCOC1. The highest BCUT2D eigenvalue weighted by Crippen LogP contribution is 2.01. The van der Waals surface area contributed by atoms with E-state index in [1.165, 1.54) is 0 Å². The molecule has 2 aliphatic heterocycles. The van der Waals surface area contributed by atoms with Gasteiger partial charge < -0.3 is 28.4 Å². The number of hydrogen-bond acceptors (Lipinski definition) is 8. The zero-order valence-corrected chi connectivity index (χ0v) is 19.7. The van der Waals surface area contributed by atoms with E-state index in [2.05, 4.69) is 29.5 Å². The molecule has 0 N–H and O–H groups in total. The van der Waals surface area contributed by atoms with Crippen molar-refractivity contribution < 1.29 is 28.4 Å². The summed E-state index contributed by atoms with van der Waals surface area (Å²) in [7, 11) is 0. The molecule has 0 atom stereocenters. The van der Waals surface area contributed by atoms with Crippen molar-refractivity contribution in [3.63, 3.8) is 0 Å². The summed E-state index contributed by atoms with van der Waals surface area (Å²) in [6, 6.07) is 0. The van der Waals surface area contributed by atoms with E-state index in [0.717, 1.165) is 56.0 Å². The van der Waals surface area contributed by atoms with E-state index >= 15 is 0 Å². The number of hydrogen-bond donors (Lipinski definition) is 0. The molecule has 0 saturated carbocycles. The van der Waals surface area contributed by atoms with E-state index in [4.69, 9.17) is 28.4 Å². The second-order valence-corrected chi connectivity index (χ2v) is 8.25.